The maximum absolute atomic E-state index is 11.8. The molecule has 0 aromatic rings. The highest BCUT2D eigenvalue weighted by molar-refractivity contribution is 5.83. The Hall–Kier alpha value is -1.26. The Labute approximate surface area is 95.8 Å². The molecule has 1 heterocycles. The lowest BCUT2D eigenvalue weighted by atomic mass is 10.0. The van der Waals surface area contributed by atoms with Gasteiger partial charge in [0.15, 0.2) is 0 Å². The van der Waals surface area contributed by atoms with Crippen molar-refractivity contribution in [3.8, 4) is 0 Å². The van der Waals surface area contributed by atoms with Gasteiger partial charge in [-0.2, -0.15) is 0 Å². The summed E-state index contributed by atoms with van der Waals surface area (Å²) in [5.41, 5.74) is 0. The lowest BCUT2D eigenvalue weighted by Crippen LogP contribution is -2.48. The second kappa shape index (κ2) is 5.18. The van der Waals surface area contributed by atoms with Gasteiger partial charge in [0.25, 0.3) is 0 Å². The lowest BCUT2D eigenvalue weighted by molar-refractivity contribution is -0.142. The van der Waals surface area contributed by atoms with Gasteiger partial charge in [-0.1, -0.05) is 20.8 Å². The van der Waals surface area contributed by atoms with Gasteiger partial charge in [0.1, 0.15) is 6.04 Å². The zero-order valence-electron chi connectivity index (χ0n) is 10.1. The molecule has 0 aromatic heterocycles. The van der Waals surface area contributed by atoms with E-state index in [1.165, 1.54) is 4.90 Å². The molecule has 1 fully saturated rings. The molecule has 2 N–H and O–H groups in total. The topological polar surface area (TPSA) is 69.6 Å². The minimum absolute atomic E-state index is 0.0299. The van der Waals surface area contributed by atoms with Crippen LogP contribution in [0.25, 0.3) is 0 Å². The van der Waals surface area contributed by atoms with E-state index in [9.17, 15) is 9.59 Å². The number of carbonyl (C=O) groups excluding carboxylic acids is 1. The number of rotatable bonds is 3. The van der Waals surface area contributed by atoms with Crippen LogP contribution >= 0.6 is 0 Å². The third-order valence-electron chi connectivity index (χ3n) is 2.88. The van der Waals surface area contributed by atoms with Gasteiger partial charge in [0, 0.05) is 13.1 Å². The summed E-state index contributed by atoms with van der Waals surface area (Å²) in [6, 6.07) is -0.933. The average Bonchev–Trinajstić information content (AvgIpc) is 2.56. The van der Waals surface area contributed by atoms with Crippen molar-refractivity contribution in [3.05, 3.63) is 0 Å². The van der Waals surface area contributed by atoms with Crippen LogP contribution in [0.2, 0.25) is 0 Å². The van der Waals surface area contributed by atoms with Crippen molar-refractivity contribution in [2.24, 2.45) is 11.8 Å². The Kier molecular flexibility index (Phi) is 4.15. The Morgan fingerprint density at radius 1 is 1.50 bits per heavy atom. The first-order valence-electron chi connectivity index (χ1n) is 5.70. The van der Waals surface area contributed by atoms with Crippen LogP contribution in [0.4, 0.5) is 4.79 Å². The zero-order valence-corrected chi connectivity index (χ0v) is 10.1. The summed E-state index contributed by atoms with van der Waals surface area (Å²) < 4.78 is 0. The number of urea groups is 1. The fourth-order valence-corrected chi connectivity index (χ4v) is 1.94. The number of carboxylic acids is 1. The molecule has 2 atom stereocenters. The molecule has 1 aliphatic rings. The van der Waals surface area contributed by atoms with Crippen molar-refractivity contribution >= 4 is 12.0 Å². The minimum Gasteiger partial charge on any atom is -0.480 e. The highest BCUT2D eigenvalue weighted by atomic mass is 16.4. The predicted molar refractivity (Wildman–Crippen MR) is 60.1 cm³/mol. The van der Waals surface area contributed by atoms with Crippen LogP contribution in [-0.2, 0) is 4.79 Å². The van der Waals surface area contributed by atoms with Crippen LogP contribution in [0.5, 0.6) is 0 Å². The van der Waals surface area contributed by atoms with Crippen molar-refractivity contribution in [2.75, 3.05) is 13.1 Å². The van der Waals surface area contributed by atoms with E-state index >= 15 is 0 Å². The number of likely N-dealkylation sites (tertiary alicyclic amines) is 1. The summed E-state index contributed by atoms with van der Waals surface area (Å²) in [5, 5.41) is 11.8. The van der Waals surface area contributed by atoms with Crippen LogP contribution in [0.3, 0.4) is 0 Å². The van der Waals surface area contributed by atoms with E-state index < -0.39 is 12.0 Å². The van der Waals surface area contributed by atoms with Gasteiger partial charge in [-0.25, -0.2) is 9.59 Å². The summed E-state index contributed by atoms with van der Waals surface area (Å²) in [6.45, 7) is 6.98. The molecule has 0 aliphatic carbocycles. The molecule has 0 aromatic carbocycles. The molecule has 5 heteroatoms. The van der Waals surface area contributed by atoms with Crippen LogP contribution in [-0.4, -0.2) is 41.1 Å². The summed E-state index contributed by atoms with van der Waals surface area (Å²) in [7, 11) is 0. The predicted octanol–water partition coefficient (Wildman–Crippen LogP) is 1.15. The monoisotopic (exact) mass is 228 g/mol. The quantitative estimate of drug-likeness (QED) is 0.761. The highest BCUT2D eigenvalue weighted by Crippen LogP contribution is 2.23. The number of hydrogen-bond acceptors (Lipinski definition) is 2. The van der Waals surface area contributed by atoms with E-state index in [-0.39, 0.29) is 11.9 Å². The molecule has 16 heavy (non-hydrogen) atoms. The standard InChI is InChI=1S/C11H20N2O3/c1-7(2)6-12-11(16)13-5-4-8(3)9(13)10(14)15/h7-9H,4-6H2,1-3H3,(H,12,16)(H,14,15). The van der Waals surface area contributed by atoms with E-state index in [1.54, 1.807) is 0 Å². The first-order chi connectivity index (χ1) is 7.43. The van der Waals surface area contributed by atoms with Crippen molar-refractivity contribution in [2.45, 2.75) is 33.2 Å². The summed E-state index contributed by atoms with van der Waals surface area (Å²) in [5.74, 6) is -0.515. The van der Waals surface area contributed by atoms with E-state index in [4.69, 9.17) is 5.11 Å². The van der Waals surface area contributed by atoms with Crippen molar-refractivity contribution in [1.29, 1.82) is 0 Å². The van der Waals surface area contributed by atoms with Gasteiger partial charge in [0.2, 0.25) is 0 Å². The molecular weight excluding hydrogens is 208 g/mol. The van der Waals surface area contributed by atoms with Gasteiger partial charge in [-0.3, -0.25) is 0 Å². The van der Waals surface area contributed by atoms with Crippen LogP contribution < -0.4 is 5.32 Å². The van der Waals surface area contributed by atoms with E-state index in [1.807, 2.05) is 20.8 Å². The second-order valence-electron chi connectivity index (χ2n) is 4.82. The van der Waals surface area contributed by atoms with Crippen molar-refractivity contribution in [3.63, 3.8) is 0 Å². The maximum atomic E-state index is 11.8. The summed E-state index contributed by atoms with van der Waals surface area (Å²) >= 11 is 0. The normalized spacial score (nSPS) is 24.9. The second-order valence-corrected chi connectivity index (χ2v) is 4.82. The number of aliphatic carboxylic acids is 1. The van der Waals surface area contributed by atoms with E-state index in [0.29, 0.717) is 19.0 Å². The van der Waals surface area contributed by atoms with Gasteiger partial charge < -0.3 is 15.3 Å². The summed E-state index contributed by atoms with van der Waals surface area (Å²) in [4.78, 5) is 24.2. The number of hydrogen-bond donors (Lipinski definition) is 2. The fraction of sp³-hybridized carbons (Fsp3) is 0.818. The average molecular weight is 228 g/mol. The van der Waals surface area contributed by atoms with Gasteiger partial charge in [-0.05, 0) is 18.3 Å². The molecule has 0 saturated carbocycles. The fourth-order valence-electron chi connectivity index (χ4n) is 1.94. The number of carboxylic acid groups (broad SMARTS) is 1. The third-order valence-corrected chi connectivity index (χ3v) is 2.88. The van der Waals surface area contributed by atoms with Crippen molar-refractivity contribution < 1.29 is 14.7 Å². The Bertz CT molecular complexity index is 278. The lowest BCUT2D eigenvalue weighted by Gasteiger charge is -2.24. The molecule has 1 saturated heterocycles. The first-order valence-corrected chi connectivity index (χ1v) is 5.70. The molecule has 1 rings (SSSR count). The van der Waals surface area contributed by atoms with Crippen LogP contribution in [0, 0.1) is 11.8 Å². The summed E-state index contributed by atoms with van der Waals surface area (Å²) in [6.07, 6.45) is 0.756. The van der Waals surface area contributed by atoms with Gasteiger partial charge in [-0.15, -0.1) is 0 Å². The van der Waals surface area contributed by atoms with Gasteiger partial charge >= 0.3 is 12.0 Å². The smallest absolute Gasteiger partial charge is 0.326 e. The molecule has 0 bridgehead atoms. The number of nitrogens with one attached hydrogen (secondary N) is 1. The zero-order chi connectivity index (χ0) is 12.3. The number of carbonyl (C=O) groups is 2. The van der Waals surface area contributed by atoms with E-state index in [0.717, 1.165) is 6.42 Å². The third kappa shape index (κ3) is 2.87. The molecule has 0 radical (unpaired) electrons. The largest absolute Gasteiger partial charge is 0.480 e. The SMILES string of the molecule is CC(C)CNC(=O)N1CCC(C)C1C(=O)O. The first kappa shape index (κ1) is 12.8. The Morgan fingerprint density at radius 3 is 2.62 bits per heavy atom. The molecule has 2 amide bonds. The minimum atomic E-state index is -0.912. The molecular formula is C11H20N2O3. The molecule has 5 nitrogen and oxygen atoms in total. The van der Waals surface area contributed by atoms with Crippen LogP contribution in [0.1, 0.15) is 27.2 Å². The van der Waals surface area contributed by atoms with Crippen molar-refractivity contribution in [1.82, 2.24) is 10.2 Å². The van der Waals surface area contributed by atoms with Crippen LogP contribution in [0.15, 0.2) is 0 Å². The Balaban J connectivity index is 2.58. The Morgan fingerprint density at radius 2 is 2.12 bits per heavy atom. The number of amides is 2. The van der Waals surface area contributed by atoms with Gasteiger partial charge in [0.05, 0.1) is 0 Å². The maximum Gasteiger partial charge on any atom is 0.326 e. The van der Waals surface area contributed by atoms with E-state index in [2.05, 4.69) is 5.32 Å². The number of nitrogens with zero attached hydrogens (tertiary/aromatic N) is 1. The molecule has 92 valence electrons. The molecule has 0 spiro atoms. The highest BCUT2D eigenvalue weighted by Gasteiger charge is 2.39. The molecule has 2 unspecified atom stereocenters. The molecule has 1 aliphatic heterocycles.